The first kappa shape index (κ1) is 30.3. The molecule has 1 aromatic carbocycles. The molecular weight excluding hydrogens is 526 g/mol. The number of ether oxygens (including phenoxy) is 3. The maximum atomic E-state index is 13.4. The van der Waals surface area contributed by atoms with E-state index in [1.165, 1.54) is 23.7 Å². The summed E-state index contributed by atoms with van der Waals surface area (Å²) in [4.78, 5) is 31.8. The molecule has 0 saturated carbocycles. The third-order valence-corrected chi connectivity index (χ3v) is 7.46. The van der Waals surface area contributed by atoms with Gasteiger partial charge in [-0.3, -0.25) is 14.3 Å². The van der Waals surface area contributed by atoms with Gasteiger partial charge in [-0.25, -0.2) is 18.1 Å². The Bertz CT molecular complexity index is 1450. The average Bonchev–Trinajstić information content (AvgIpc) is 3.21. The van der Waals surface area contributed by atoms with Crippen molar-refractivity contribution >= 4 is 27.0 Å². The quantitative estimate of drug-likeness (QED) is 0.210. The van der Waals surface area contributed by atoms with Crippen LogP contribution in [0, 0.1) is 0 Å². The van der Waals surface area contributed by atoms with E-state index >= 15 is 0 Å². The SMILES string of the molecule is CCCOc1ccc(S(=O)(=O)NC(CCCOC)COC(C)=O)cc1-c1nc2c(CCC)nn(C)c2c(=O)[nH]1. The van der Waals surface area contributed by atoms with E-state index in [4.69, 9.17) is 19.2 Å². The molecule has 0 spiro atoms. The van der Waals surface area contributed by atoms with Gasteiger partial charge in [-0.1, -0.05) is 20.3 Å². The number of esters is 1. The number of methoxy groups -OCH3 is 1. The minimum atomic E-state index is -4.05. The standard InChI is InChI=1S/C26H37N5O7S/c1-6-9-21-23-24(31(4)29-21)26(33)28-25(27-23)20-15-19(11-12-22(20)37-13-7-2)39(34,35)30-18(10-8-14-36-5)16-38-17(3)32/h11-12,15,18,30H,6-10,13-14,16H2,1-5H3,(H,27,28,33). The first-order valence-electron chi connectivity index (χ1n) is 13.0. The molecule has 3 aromatic rings. The summed E-state index contributed by atoms with van der Waals surface area (Å²) in [7, 11) is -0.808. The molecule has 0 amide bonds. The number of H-pyrrole nitrogens is 1. The van der Waals surface area contributed by atoms with Crippen LogP contribution in [0.3, 0.4) is 0 Å². The number of hydrogen-bond donors (Lipinski definition) is 2. The van der Waals surface area contributed by atoms with Gasteiger partial charge in [0.05, 0.1) is 28.8 Å². The van der Waals surface area contributed by atoms with E-state index in [9.17, 15) is 18.0 Å². The van der Waals surface area contributed by atoms with Crippen LogP contribution in [0.1, 0.15) is 52.1 Å². The van der Waals surface area contributed by atoms with Crippen molar-refractivity contribution in [2.24, 2.45) is 7.05 Å². The number of carbonyl (C=O) groups excluding carboxylic acids is 1. The van der Waals surface area contributed by atoms with Gasteiger partial charge in [0.1, 0.15) is 23.7 Å². The molecule has 2 N–H and O–H groups in total. The number of hydrogen-bond acceptors (Lipinski definition) is 9. The summed E-state index contributed by atoms with van der Waals surface area (Å²) >= 11 is 0. The summed E-state index contributed by atoms with van der Waals surface area (Å²) in [6.07, 6.45) is 3.15. The molecule has 1 atom stereocenters. The van der Waals surface area contributed by atoms with Gasteiger partial charge in [0.2, 0.25) is 10.0 Å². The van der Waals surface area contributed by atoms with Crippen LogP contribution in [0.5, 0.6) is 5.75 Å². The molecule has 2 heterocycles. The van der Waals surface area contributed by atoms with Gasteiger partial charge in [0, 0.05) is 27.7 Å². The molecule has 0 aliphatic rings. The zero-order valence-corrected chi connectivity index (χ0v) is 23.9. The summed E-state index contributed by atoms with van der Waals surface area (Å²) in [6, 6.07) is 3.74. The predicted molar refractivity (Wildman–Crippen MR) is 146 cm³/mol. The Hall–Kier alpha value is -3.29. The fourth-order valence-corrected chi connectivity index (χ4v) is 5.42. The fourth-order valence-electron chi connectivity index (χ4n) is 4.13. The molecule has 0 aliphatic carbocycles. The number of carbonyl (C=O) groups is 1. The number of rotatable bonds is 15. The zero-order valence-electron chi connectivity index (χ0n) is 23.1. The lowest BCUT2D eigenvalue weighted by Crippen LogP contribution is -2.38. The molecule has 39 heavy (non-hydrogen) atoms. The normalized spacial score (nSPS) is 12.5. The highest BCUT2D eigenvalue weighted by Gasteiger charge is 2.24. The molecule has 12 nitrogen and oxygen atoms in total. The fraction of sp³-hybridized carbons (Fsp3) is 0.538. The van der Waals surface area contributed by atoms with E-state index in [-0.39, 0.29) is 22.9 Å². The van der Waals surface area contributed by atoms with Crippen molar-refractivity contribution in [1.82, 2.24) is 24.5 Å². The van der Waals surface area contributed by atoms with Crippen LogP contribution >= 0.6 is 0 Å². The lowest BCUT2D eigenvalue weighted by molar-refractivity contribution is -0.141. The van der Waals surface area contributed by atoms with Gasteiger partial charge in [0.25, 0.3) is 5.56 Å². The van der Waals surface area contributed by atoms with Crippen molar-refractivity contribution in [3.05, 3.63) is 34.2 Å². The van der Waals surface area contributed by atoms with E-state index in [1.807, 2.05) is 13.8 Å². The van der Waals surface area contributed by atoms with Crippen LogP contribution < -0.4 is 15.0 Å². The van der Waals surface area contributed by atoms with E-state index in [2.05, 4.69) is 14.8 Å². The lowest BCUT2D eigenvalue weighted by atomic mass is 10.1. The van der Waals surface area contributed by atoms with Crippen LogP contribution in [0.15, 0.2) is 27.9 Å². The molecule has 2 aromatic heterocycles. The smallest absolute Gasteiger partial charge is 0.302 e. The summed E-state index contributed by atoms with van der Waals surface area (Å²) in [5, 5.41) is 4.45. The molecule has 0 saturated heterocycles. The summed E-state index contributed by atoms with van der Waals surface area (Å²) in [5.41, 5.74) is 1.43. The number of aromatic amines is 1. The second-order valence-corrected chi connectivity index (χ2v) is 10.9. The number of aromatic nitrogens is 4. The molecule has 1 unspecified atom stereocenters. The van der Waals surface area contributed by atoms with Crippen molar-refractivity contribution in [2.45, 2.75) is 63.8 Å². The number of nitrogens with one attached hydrogen (secondary N) is 2. The third kappa shape index (κ3) is 7.64. The highest BCUT2D eigenvalue weighted by Crippen LogP contribution is 2.31. The van der Waals surface area contributed by atoms with Gasteiger partial charge < -0.3 is 19.2 Å². The monoisotopic (exact) mass is 563 g/mol. The molecule has 0 aliphatic heterocycles. The first-order valence-corrected chi connectivity index (χ1v) is 14.5. The summed E-state index contributed by atoms with van der Waals surface area (Å²) in [5.74, 6) is 0.0577. The number of nitrogens with zero attached hydrogens (tertiary/aromatic N) is 3. The van der Waals surface area contributed by atoms with E-state index in [1.54, 1.807) is 20.2 Å². The summed E-state index contributed by atoms with van der Waals surface area (Å²) < 4.78 is 47.0. The highest BCUT2D eigenvalue weighted by atomic mass is 32.2. The maximum Gasteiger partial charge on any atom is 0.302 e. The van der Waals surface area contributed by atoms with Crippen LogP contribution in [0.4, 0.5) is 0 Å². The second-order valence-electron chi connectivity index (χ2n) is 9.19. The molecule has 0 bridgehead atoms. The minimum Gasteiger partial charge on any atom is -0.493 e. The van der Waals surface area contributed by atoms with Crippen LogP contribution in [0.25, 0.3) is 22.4 Å². The molecule has 0 fully saturated rings. The van der Waals surface area contributed by atoms with Crippen LogP contribution in [-0.4, -0.2) is 67.1 Å². The van der Waals surface area contributed by atoms with Gasteiger partial charge in [-0.05, 0) is 43.9 Å². The Labute approximate surface area is 228 Å². The minimum absolute atomic E-state index is 0.0522. The highest BCUT2D eigenvalue weighted by molar-refractivity contribution is 7.89. The van der Waals surface area contributed by atoms with Gasteiger partial charge >= 0.3 is 5.97 Å². The van der Waals surface area contributed by atoms with Crippen molar-refractivity contribution in [1.29, 1.82) is 0 Å². The maximum absolute atomic E-state index is 13.4. The van der Waals surface area contributed by atoms with E-state index in [0.29, 0.717) is 60.5 Å². The third-order valence-electron chi connectivity index (χ3n) is 5.94. The molecule has 13 heteroatoms. The molecule has 0 radical (unpaired) electrons. The largest absolute Gasteiger partial charge is 0.493 e. The zero-order chi connectivity index (χ0) is 28.6. The number of benzene rings is 1. The van der Waals surface area contributed by atoms with Crippen molar-refractivity contribution in [3.8, 4) is 17.1 Å². The van der Waals surface area contributed by atoms with E-state index in [0.717, 1.165) is 12.8 Å². The Kier molecular flexibility index (Phi) is 10.6. The van der Waals surface area contributed by atoms with E-state index < -0.39 is 22.0 Å². The topological polar surface area (TPSA) is 154 Å². The second kappa shape index (κ2) is 13.7. The first-order chi connectivity index (χ1) is 18.6. The van der Waals surface area contributed by atoms with Gasteiger partial charge in [-0.2, -0.15) is 5.10 Å². The van der Waals surface area contributed by atoms with Gasteiger partial charge in [0.15, 0.2) is 5.52 Å². The Balaban J connectivity index is 2.07. The summed E-state index contributed by atoms with van der Waals surface area (Å²) in [6.45, 7) is 5.94. The molecule has 3 rings (SSSR count). The molecular formula is C26H37N5O7S. The molecule has 214 valence electrons. The van der Waals surface area contributed by atoms with Crippen molar-refractivity contribution in [3.63, 3.8) is 0 Å². The number of fused-ring (bicyclic) bond motifs is 1. The van der Waals surface area contributed by atoms with Crippen LogP contribution in [-0.2, 0) is 37.8 Å². The van der Waals surface area contributed by atoms with Crippen LogP contribution in [0.2, 0.25) is 0 Å². The van der Waals surface area contributed by atoms with Gasteiger partial charge in [-0.15, -0.1) is 0 Å². The Morgan fingerprint density at radius 3 is 2.64 bits per heavy atom. The average molecular weight is 564 g/mol. The Morgan fingerprint density at radius 2 is 1.97 bits per heavy atom. The lowest BCUT2D eigenvalue weighted by Gasteiger charge is -2.19. The Morgan fingerprint density at radius 1 is 1.21 bits per heavy atom. The number of sulfonamides is 1. The van der Waals surface area contributed by atoms with Crippen molar-refractivity contribution in [2.75, 3.05) is 26.9 Å². The predicted octanol–water partition coefficient (Wildman–Crippen LogP) is 2.70. The number of aryl methyl sites for hydroxylation is 2. The van der Waals surface area contributed by atoms with Crippen molar-refractivity contribution < 1.29 is 27.4 Å².